The Morgan fingerprint density at radius 1 is 0.861 bits per heavy atom. The number of rotatable bonds is 2. The van der Waals surface area contributed by atoms with Crippen LogP contribution < -0.4 is 14.4 Å². The molecule has 2 aromatic carbocycles. The van der Waals surface area contributed by atoms with Crippen molar-refractivity contribution in [1.29, 1.82) is 0 Å². The predicted molar refractivity (Wildman–Crippen MR) is 142 cm³/mol. The smallest absolute Gasteiger partial charge is 0.255 e. The number of anilines is 1. The van der Waals surface area contributed by atoms with E-state index in [0.29, 0.717) is 47.7 Å². The second kappa shape index (κ2) is 11.7. The van der Waals surface area contributed by atoms with Crippen LogP contribution in [0.1, 0.15) is 54.4 Å². The molecule has 1 aromatic heterocycles. The van der Waals surface area contributed by atoms with Crippen molar-refractivity contribution in [2.24, 2.45) is 0 Å². The Balaban J connectivity index is 1.45. The average Bonchev–Trinajstić information content (AvgIpc) is 2.93. The minimum Gasteiger partial charge on any atom is -0.490 e. The van der Waals surface area contributed by atoms with E-state index in [4.69, 9.17) is 21.1 Å². The molecule has 0 saturated carbocycles. The number of nitrogens with zero attached hydrogens (tertiary/aromatic N) is 3. The highest BCUT2D eigenvalue weighted by molar-refractivity contribution is 6.34. The van der Waals surface area contributed by atoms with Crippen LogP contribution in [-0.4, -0.2) is 42.0 Å². The topological polar surface area (TPSA) is 54.9 Å². The summed E-state index contributed by atoms with van der Waals surface area (Å²) >= 11 is 6.59. The standard InChI is InChI=1S/C29H32ClN3O3/c30-25-14-13-23(32-16-5-1-6-17-32)20-24(25)29(34)33-18-7-2-8-19-35-26-11-3-4-12-27(26)36-28-22(21-33)10-9-15-31-28/h3-4,9-15,20H,1-2,5-8,16-19,21H2. The number of hydrogen-bond acceptors (Lipinski definition) is 5. The van der Waals surface area contributed by atoms with Crippen LogP contribution in [0.2, 0.25) is 5.02 Å². The maximum atomic E-state index is 13.9. The Morgan fingerprint density at radius 2 is 1.64 bits per heavy atom. The van der Waals surface area contributed by atoms with Gasteiger partial charge in [0.15, 0.2) is 11.5 Å². The van der Waals surface area contributed by atoms with Crippen molar-refractivity contribution in [3.63, 3.8) is 0 Å². The number of para-hydroxylation sites is 2. The van der Waals surface area contributed by atoms with Gasteiger partial charge in [-0.3, -0.25) is 4.79 Å². The van der Waals surface area contributed by atoms with Crippen LogP contribution in [0.5, 0.6) is 17.4 Å². The van der Waals surface area contributed by atoms with Gasteiger partial charge in [-0.15, -0.1) is 0 Å². The third-order valence-corrected chi connectivity index (χ3v) is 7.12. The summed E-state index contributed by atoms with van der Waals surface area (Å²) in [4.78, 5) is 22.6. The zero-order chi connectivity index (χ0) is 24.7. The van der Waals surface area contributed by atoms with Crippen molar-refractivity contribution >= 4 is 23.2 Å². The van der Waals surface area contributed by atoms with Crippen LogP contribution in [0.4, 0.5) is 5.69 Å². The van der Waals surface area contributed by atoms with Crippen LogP contribution in [-0.2, 0) is 6.54 Å². The molecule has 2 aliphatic heterocycles. The number of hydrogen-bond donors (Lipinski definition) is 0. The first-order valence-corrected chi connectivity index (χ1v) is 13.2. The van der Waals surface area contributed by atoms with Crippen molar-refractivity contribution in [3.8, 4) is 17.4 Å². The SMILES string of the molecule is O=C(c1cc(N2CCCCC2)ccc1Cl)N1CCCCCOc2ccccc2Oc2ncccc2C1. The van der Waals surface area contributed by atoms with Gasteiger partial charge in [0.05, 0.1) is 23.7 Å². The van der Waals surface area contributed by atoms with Gasteiger partial charge < -0.3 is 19.3 Å². The van der Waals surface area contributed by atoms with E-state index in [1.54, 1.807) is 6.20 Å². The van der Waals surface area contributed by atoms with E-state index in [2.05, 4.69) is 9.88 Å². The Morgan fingerprint density at radius 3 is 2.50 bits per heavy atom. The minimum atomic E-state index is -0.0693. The molecule has 3 heterocycles. The molecule has 5 rings (SSSR count). The van der Waals surface area contributed by atoms with Gasteiger partial charge in [0.25, 0.3) is 5.91 Å². The average molecular weight is 506 g/mol. The van der Waals surface area contributed by atoms with Crippen LogP contribution in [0.3, 0.4) is 0 Å². The molecule has 0 spiro atoms. The molecule has 1 fully saturated rings. The van der Waals surface area contributed by atoms with E-state index >= 15 is 0 Å². The van der Waals surface area contributed by atoms with Gasteiger partial charge in [-0.1, -0.05) is 29.8 Å². The van der Waals surface area contributed by atoms with Crippen LogP contribution >= 0.6 is 11.6 Å². The third-order valence-electron chi connectivity index (χ3n) is 6.79. The van der Waals surface area contributed by atoms with E-state index in [0.717, 1.165) is 43.6 Å². The first-order chi connectivity index (χ1) is 17.7. The number of fused-ring (bicyclic) bond motifs is 2. The monoisotopic (exact) mass is 505 g/mol. The zero-order valence-electron chi connectivity index (χ0n) is 20.5. The third kappa shape index (κ3) is 5.76. The summed E-state index contributed by atoms with van der Waals surface area (Å²) in [6.07, 6.45) is 8.03. The van der Waals surface area contributed by atoms with Crippen LogP contribution in [0, 0.1) is 0 Å². The van der Waals surface area contributed by atoms with E-state index in [1.165, 1.54) is 19.3 Å². The highest BCUT2D eigenvalue weighted by atomic mass is 35.5. The largest absolute Gasteiger partial charge is 0.490 e. The lowest BCUT2D eigenvalue weighted by Crippen LogP contribution is -2.33. The Labute approximate surface area is 217 Å². The first kappa shape index (κ1) is 24.4. The molecule has 0 radical (unpaired) electrons. The van der Waals surface area contributed by atoms with Crippen LogP contribution in [0.25, 0.3) is 0 Å². The van der Waals surface area contributed by atoms with Crippen molar-refractivity contribution in [1.82, 2.24) is 9.88 Å². The van der Waals surface area contributed by atoms with Crippen molar-refractivity contribution in [2.75, 3.05) is 31.1 Å². The number of aromatic nitrogens is 1. The number of amides is 1. The number of piperidine rings is 1. The summed E-state index contributed by atoms with van der Waals surface area (Å²) in [7, 11) is 0. The molecule has 3 aromatic rings. The van der Waals surface area contributed by atoms with E-state index in [-0.39, 0.29) is 5.91 Å². The number of halogens is 1. The second-order valence-corrected chi connectivity index (χ2v) is 9.77. The molecule has 36 heavy (non-hydrogen) atoms. The number of ether oxygens (including phenoxy) is 2. The first-order valence-electron chi connectivity index (χ1n) is 12.9. The quantitative estimate of drug-likeness (QED) is 0.387. The molecule has 0 atom stereocenters. The normalized spacial score (nSPS) is 16.8. The van der Waals surface area contributed by atoms with Gasteiger partial charge in [0.2, 0.25) is 5.88 Å². The highest BCUT2D eigenvalue weighted by Crippen LogP contribution is 2.33. The summed E-state index contributed by atoms with van der Waals surface area (Å²) in [6.45, 7) is 3.62. The van der Waals surface area contributed by atoms with E-state index < -0.39 is 0 Å². The molecule has 6 nitrogen and oxygen atoms in total. The molecule has 0 aliphatic carbocycles. The molecule has 0 bridgehead atoms. The van der Waals surface area contributed by atoms with Crippen molar-refractivity contribution < 1.29 is 14.3 Å². The number of carbonyl (C=O) groups is 1. The fourth-order valence-electron chi connectivity index (χ4n) is 4.81. The molecule has 2 aliphatic rings. The fraction of sp³-hybridized carbons (Fsp3) is 0.379. The number of pyridine rings is 1. The molecule has 1 saturated heterocycles. The molecule has 1 amide bonds. The zero-order valence-corrected chi connectivity index (χ0v) is 21.3. The predicted octanol–water partition coefficient (Wildman–Crippen LogP) is 6.72. The van der Waals surface area contributed by atoms with Gasteiger partial charge in [-0.25, -0.2) is 4.98 Å². The molecular weight excluding hydrogens is 474 g/mol. The van der Waals surface area contributed by atoms with Gasteiger partial charge in [-0.2, -0.15) is 0 Å². The summed E-state index contributed by atoms with van der Waals surface area (Å²) in [5.41, 5.74) is 2.44. The van der Waals surface area contributed by atoms with Gasteiger partial charge >= 0.3 is 0 Å². The van der Waals surface area contributed by atoms with E-state index in [1.807, 2.05) is 59.5 Å². The van der Waals surface area contributed by atoms with Gasteiger partial charge in [0, 0.05) is 37.1 Å². The fourth-order valence-corrected chi connectivity index (χ4v) is 5.01. The maximum absolute atomic E-state index is 13.9. The number of benzene rings is 2. The summed E-state index contributed by atoms with van der Waals surface area (Å²) in [6, 6.07) is 17.3. The summed E-state index contributed by atoms with van der Waals surface area (Å²) < 4.78 is 12.2. The second-order valence-electron chi connectivity index (χ2n) is 9.36. The molecule has 7 heteroatoms. The Bertz CT molecular complexity index is 1200. The molecule has 0 N–H and O–H groups in total. The highest BCUT2D eigenvalue weighted by Gasteiger charge is 2.23. The maximum Gasteiger partial charge on any atom is 0.255 e. The summed E-state index contributed by atoms with van der Waals surface area (Å²) in [5, 5.41) is 0.480. The van der Waals surface area contributed by atoms with E-state index in [9.17, 15) is 4.79 Å². The number of carbonyl (C=O) groups excluding carboxylic acids is 1. The van der Waals surface area contributed by atoms with Gasteiger partial charge in [-0.05, 0) is 74.9 Å². The lowest BCUT2D eigenvalue weighted by Gasteiger charge is -2.30. The molecular formula is C29H32ClN3O3. The minimum absolute atomic E-state index is 0.0693. The lowest BCUT2D eigenvalue weighted by atomic mass is 10.1. The van der Waals surface area contributed by atoms with Gasteiger partial charge in [0.1, 0.15) is 0 Å². The molecule has 188 valence electrons. The molecule has 0 unspecified atom stereocenters. The van der Waals surface area contributed by atoms with Crippen molar-refractivity contribution in [3.05, 3.63) is 76.9 Å². The summed E-state index contributed by atoms with van der Waals surface area (Å²) in [5.74, 6) is 1.72. The van der Waals surface area contributed by atoms with Crippen molar-refractivity contribution in [2.45, 2.75) is 45.1 Å². The Kier molecular flexibility index (Phi) is 7.91. The van der Waals surface area contributed by atoms with Crippen LogP contribution in [0.15, 0.2) is 60.8 Å². The lowest BCUT2D eigenvalue weighted by molar-refractivity contribution is 0.0739. The Hall–Kier alpha value is -3.25.